The highest BCUT2D eigenvalue weighted by molar-refractivity contribution is 5.36. The number of aliphatic hydroxyl groups is 2. The SMILES string of the molecule is OCC1=C2C3CC2CC(CO)(C1)C3. The molecule has 0 aliphatic heterocycles. The summed E-state index contributed by atoms with van der Waals surface area (Å²) in [4.78, 5) is 0. The summed E-state index contributed by atoms with van der Waals surface area (Å²) in [5.41, 5.74) is 2.98. The maximum Gasteiger partial charge on any atom is 0.0644 e. The molecule has 0 aromatic rings. The van der Waals surface area contributed by atoms with E-state index in [4.69, 9.17) is 0 Å². The highest BCUT2D eigenvalue weighted by atomic mass is 16.3. The monoisotopic (exact) mass is 180 g/mol. The second kappa shape index (κ2) is 2.37. The molecule has 3 fully saturated rings. The molecule has 5 rings (SSSR count). The zero-order chi connectivity index (χ0) is 9.05. The van der Waals surface area contributed by atoms with Gasteiger partial charge in [0.2, 0.25) is 0 Å². The van der Waals surface area contributed by atoms with Crippen molar-refractivity contribution in [3.8, 4) is 0 Å². The summed E-state index contributed by atoms with van der Waals surface area (Å²) in [5.74, 6) is 1.45. The lowest BCUT2D eigenvalue weighted by atomic mass is 9.46. The number of aliphatic hydroxyl groups excluding tert-OH is 2. The Morgan fingerprint density at radius 2 is 1.92 bits per heavy atom. The van der Waals surface area contributed by atoms with Crippen molar-refractivity contribution in [3.05, 3.63) is 11.1 Å². The fourth-order valence-electron chi connectivity index (χ4n) is 3.89. The van der Waals surface area contributed by atoms with Crippen molar-refractivity contribution in [3.63, 3.8) is 0 Å². The van der Waals surface area contributed by atoms with Crippen LogP contribution in [0.5, 0.6) is 0 Å². The highest BCUT2D eigenvalue weighted by Crippen LogP contribution is 2.64. The van der Waals surface area contributed by atoms with Gasteiger partial charge in [-0.1, -0.05) is 5.57 Å². The average molecular weight is 180 g/mol. The molecule has 0 aromatic heterocycles. The van der Waals surface area contributed by atoms with E-state index in [9.17, 15) is 10.2 Å². The molecule has 2 unspecified atom stereocenters. The summed E-state index contributed by atoms with van der Waals surface area (Å²) in [5, 5.41) is 18.6. The van der Waals surface area contributed by atoms with Gasteiger partial charge in [0.25, 0.3) is 0 Å². The van der Waals surface area contributed by atoms with E-state index in [-0.39, 0.29) is 12.0 Å². The van der Waals surface area contributed by atoms with Gasteiger partial charge in [0, 0.05) is 6.61 Å². The highest BCUT2D eigenvalue weighted by Gasteiger charge is 2.54. The smallest absolute Gasteiger partial charge is 0.0644 e. The van der Waals surface area contributed by atoms with Gasteiger partial charge in [-0.3, -0.25) is 0 Å². The van der Waals surface area contributed by atoms with Gasteiger partial charge >= 0.3 is 0 Å². The first-order valence-corrected chi connectivity index (χ1v) is 5.21. The van der Waals surface area contributed by atoms with Crippen LogP contribution in [0.3, 0.4) is 0 Å². The Bertz CT molecular complexity index is 266. The zero-order valence-electron chi connectivity index (χ0n) is 7.79. The fourth-order valence-corrected chi connectivity index (χ4v) is 3.89. The first-order valence-electron chi connectivity index (χ1n) is 5.21. The molecule has 5 aliphatic rings. The second-order valence-electron chi connectivity index (χ2n) is 5.09. The molecule has 3 saturated carbocycles. The Kier molecular flexibility index (Phi) is 1.46. The second-order valence-corrected chi connectivity index (χ2v) is 5.09. The van der Waals surface area contributed by atoms with E-state index in [2.05, 4.69) is 0 Å². The molecule has 0 heterocycles. The van der Waals surface area contributed by atoms with Crippen molar-refractivity contribution in [2.24, 2.45) is 17.3 Å². The van der Waals surface area contributed by atoms with Crippen LogP contribution in [0.1, 0.15) is 25.7 Å². The quantitative estimate of drug-likeness (QED) is 0.624. The van der Waals surface area contributed by atoms with Crippen LogP contribution >= 0.6 is 0 Å². The van der Waals surface area contributed by atoms with Crippen LogP contribution in [0, 0.1) is 17.3 Å². The number of hydrogen-bond acceptors (Lipinski definition) is 2. The van der Waals surface area contributed by atoms with Gasteiger partial charge < -0.3 is 10.2 Å². The normalized spacial score (nSPS) is 46.6. The molecule has 13 heavy (non-hydrogen) atoms. The maximum atomic E-state index is 9.41. The summed E-state index contributed by atoms with van der Waals surface area (Å²) >= 11 is 0. The van der Waals surface area contributed by atoms with Crippen LogP contribution in [0.4, 0.5) is 0 Å². The van der Waals surface area contributed by atoms with Crippen molar-refractivity contribution in [1.82, 2.24) is 0 Å². The minimum atomic E-state index is 0.160. The third kappa shape index (κ3) is 0.856. The molecular formula is C11H16O2. The minimum Gasteiger partial charge on any atom is -0.396 e. The van der Waals surface area contributed by atoms with Gasteiger partial charge in [0.05, 0.1) is 6.61 Å². The van der Waals surface area contributed by atoms with E-state index in [0.29, 0.717) is 6.61 Å². The lowest BCUT2D eigenvalue weighted by Gasteiger charge is -2.59. The topological polar surface area (TPSA) is 40.5 Å². The summed E-state index contributed by atoms with van der Waals surface area (Å²) in [7, 11) is 0. The van der Waals surface area contributed by atoms with Crippen molar-refractivity contribution < 1.29 is 10.2 Å². The van der Waals surface area contributed by atoms with Gasteiger partial charge in [0.15, 0.2) is 0 Å². The molecule has 2 N–H and O–H groups in total. The van der Waals surface area contributed by atoms with E-state index < -0.39 is 0 Å². The zero-order valence-corrected chi connectivity index (χ0v) is 7.79. The largest absolute Gasteiger partial charge is 0.396 e. The summed E-state index contributed by atoms with van der Waals surface area (Å²) in [6.07, 6.45) is 4.64. The molecule has 4 bridgehead atoms. The molecule has 72 valence electrons. The van der Waals surface area contributed by atoms with Crippen LogP contribution in [0.2, 0.25) is 0 Å². The molecule has 0 aromatic carbocycles. The number of allylic oxidation sites excluding steroid dienone is 1. The number of hydrogen-bond donors (Lipinski definition) is 2. The third-order valence-corrected chi connectivity index (χ3v) is 4.33. The van der Waals surface area contributed by atoms with Gasteiger partial charge in [-0.25, -0.2) is 0 Å². The maximum absolute atomic E-state index is 9.41. The van der Waals surface area contributed by atoms with E-state index in [1.165, 1.54) is 24.8 Å². The molecule has 2 nitrogen and oxygen atoms in total. The summed E-state index contributed by atoms with van der Waals surface area (Å²) < 4.78 is 0. The number of rotatable bonds is 2. The van der Waals surface area contributed by atoms with E-state index >= 15 is 0 Å². The van der Waals surface area contributed by atoms with E-state index in [0.717, 1.165) is 18.3 Å². The van der Waals surface area contributed by atoms with Gasteiger partial charge in [-0.15, -0.1) is 0 Å². The fraction of sp³-hybridized carbons (Fsp3) is 0.818. The molecule has 0 radical (unpaired) electrons. The van der Waals surface area contributed by atoms with Crippen molar-refractivity contribution >= 4 is 0 Å². The lowest BCUT2D eigenvalue weighted by Crippen LogP contribution is -2.50. The first kappa shape index (κ1) is 8.01. The Balaban J connectivity index is 2.01. The Morgan fingerprint density at radius 3 is 2.46 bits per heavy atom. The van der Waals surface area contributed by atoms with Crippen LogP contribution in [0.15, 0.2) is 11.1 Å². The molecule has 2 heteroatoms. The predicted molar refractivity (Wildman–Crippen MR) is 49.1 cm³/mol. The van der Waals surface area contributed by atoms with Gasteiger partial charge in [0.1, 0.15) is 0 Å². The Labute approximate surface area is 78.3 Å². The molecule has 5 aliphatic carbocycles. The van der Waals surface area contributed by atoms with Crippen molar-refractivity contribution in [2.45, 2.75) is 25.7 Å². The third-order valence-electron chi connectivity index (χ3n) is 4.33. The van der Waals surface area contributed by atoms with E-state index in [1.807, 2.05) is 0 Å². The standard InChI is InChI=1S/C11H16O2/c12-5-9-4-11(6-13)2-7-1-8(3-11)10(7)9/h7-8,12-13H,1-6H2. The van der Waals surface area contributed by atoms with Gasteiger partial charge in [-0.05, 0) is 48.5 Å². The lowest BCUT2D eigenvalue weighted by molar-refractivity contribution is -0.0162. The van der Waals surface area contributed by atoms with Crippen LogP contribution in [0.25, 0.3) is 0 Å². The molecule has 0 saturated heterocycles. The van der Waals surface area contributed by atoms with Crippen LogP contribution in [-0.2, 0) is 0 Å². The van der Waals surface area contributed by atoms with E-state index in [1.54, 1.807) is 5.57 Å². The van der Waals surface area contributed by atoms with Crippen molar-refractivity contribution in [2.75, 3.05) is 13.2 Å². The Hall–Kier alpha value is -0.340. The van der Waals surface area contributed by atoms with Crippen LogP contribution in [-0.4, -0.2) is 23.4 Å². The average Bonchev–Trinajstić information content (AvgIpc) is 2.17. The minimum absolute atomic E-state index is 0.160. The number of fused-ring (bicyclic) bond motifs is 1. The molecule has 2 atom stereocenters. The first-order chi connectivity index (χ1) is 6.28. The predicted octanol–water partition coefficient (Wildman–Crippen LogP) is 1.09. The summed E-state index contributed by atoms with van der Waals surface area (Å²) in [6, 6.07) is 0. The van der Waals surface area contributed by atoms with Gasteiger partial charge in [-0.2, -0.15) is 0 Å². The van der Waals surface area contributed by atoms with Crippen LogP contribution < -0.4 is 0 Å². The Morgan fingerprint density at radius 1 is 1.23 bits per heavy atom. The summed E-state index contributed by atoms with van der Waals surface area (Å²) in [6.45, 7) is 0.543. The molecule has 0 amide bonds. The van der Waals surface area contributed by atoms with Crippen molar-refractivity contribution in [1.29, 1.82) is 0 Å². The molecular weight excluding hydrogens is 164 g/mol. The molecule has 0 spiro atoms.